The Hall–Kier alpha value is -2.39. The second-order valence-corrected chi connectivity index (χ2v) is 5.15. The van der Waals surface area contributed by atoms with Crippen LogP contribution in [0.2, 0.25) is 0 Å². The van der Waals surface area contributed by atoms with Gasteiger partial charge in [-0.1, -0.05) is 0 Å². The van der Waals surface area contributed by atoms with E-state index in [1.54, 1.807) is 6.07 Å². The molecule has 23 heavy (non-hydrogen) atoms. The smallest absolute Gasteiger partial charge is 0.320 e. The highest BCUT2D eigenvalue weighted by molar-refractivity contribution is 5.93. The SMILES string of the molecule is CCNC(=O)Nc1cc2[nH]nc(OC3CCOC3)c2c(CO)n1. The molecule has 9 nitrogen and oxygen atoms in total. The van der Waals surface area contributed by atoms with Crippen molar-refractivity contribution in [1.29, 1.82) is 0 Å². The molecule has 2 amide bonds. The van der Waals surface area contributed by atoms with Crippen molar-refractivity contribution in [1.82, 2.24) is 20.5 Å². The molecule has 1 aliphatic rings. The van der Waals surface area contributed by atoms with Gasteiger partial charge in [0.25, 0.3) is 0 Å². The summed E-state index contributed by atoms with van der Waals surface area (Å²) >= 11 is 0. The van der Waals surface area contributed by atoms with Gasteiger partial charge in [0.05, 0.1) is 36.4 Å². The van der Waals surface area contributed by atoms with Crippen molar-refractivity contribution in [3.8, 4) is 5.88 Å². The van der Waals surface area contributed by atoms with Gasteiger partial charge in [0.2, 0.25) is 5.88 Å². The van der Waals surface area contributed by atoms with E-state index in [-0.39, 0.29) is 18.7 Å². The first-order valence-corrected chi connectivity index (χ1v) is 7.49. The number of aromatic nitrogens is 3. The maximum Gasteiger partial charge on any atom is 0.320 e. The van der Waals surface area contributed by atoms with Gasteiger partial charge in [-0.15, -0.1) is 5.10 Å². The van der Waals surface area contributed by atoms with Crippen LogP contribution in [0.15, 0.2) is 6.07 Å². The van der Waals surface area contributed by atoms with Gasteiger partial charge in [0.1, 0.15) is 11.9 Å². The number of hydrogen-bond acceptors (Lipinski definition) is 6. The highest BCUT2D eigenvalue weighted by Crippen LogP contribution is 2.29. The van der Waals surface area contributed by atoms with Crippen LogP contribution >= 0.6 is 0 Å². The van der Waals surface area contributed by atoms with Gasteiger partial charge in [-0.3, -0.25) is 10.4 Å². The molecule has 1 saturated heterocycles. The fourth-order valence-corrected chi connectivity index (χ4v) is 2.44. The molecule has 0 aliphatic carbocycles. The number of nitrogens with one attached hydrogen (secondary N) is 3. The Morgan fingerprint density at radius 2 is 2.48 bits per heavy atom. The highest BCUT2D eigenvalue weighted by atomic mass is 16.5. The number of aromatic amines is 1. The number of rotatable bonds is 5. The van der Waals surface area contributed by atoms with Crippen molar-refractivity contribution in [2.45, 2.75) is 26.1 Å². The van der Waals surface area contributed by atoms with E-state index in [9.17, 15) is 9.90 Å². The van der Waals surface area contributed by atoms with Crippen LogP contribution in [0.3, 0.4) is 0 Å². The van der Waals surface area contributed by atoms with Crippen molar-refractivity contribution in [3.63, 3.8) is 0 Å². The molecule has 3 heterocycles. The molecule has 0 spiro atoms. The molecule has 2 aromatic heterocycles. The lowest BCUT2D eigenvalue weighted by Crippen LogP contribution is -2.28. The van der Waals surface area contributed by atoms with E-state index in [0.29, 0.717) is 48.1 Å². The van der Waals surface area contributed by atoms with E-state index in [2.05, 4.69) is 25.8 Å². The number of aliphatic hydroxyl groups excluding tert-OH is 1. The lowest BCUT2D eigenvalue weighted by atomic mass is 10.2. The van der Waals surface area contributed by atoms with E-state index < -0.39 is 0 Å². The zero-order chi connectivity index (χ0) is 16.2. The summed E-state index contributed by atoms with van der Waals surface area (Å²) in [7, 11) is 0. The summed E-state index contributed by atoms with van der Waals surface area (Å²) in [6.07, 6.45) is 0.744. The van der Waals surface area contributed by atoms with Gasteiger partial charge in [0, 0.05) is 19.0 Å². The van der Waals surface area contributed by atoms with Crippen molar-refractivity contribution in [2.75, 3.05) is 25.1 Å². The van der Waals surface area contributed by atoms with Crippen molar-refractivity contribution < 1.29 is 19.4 Å². The van der Waals surface area contributed by atoms with Crippen LogP contribution in [-0.2, 0) is 11.3 Å². The fraction of sp³-hybridized carbons (Fsp3) is 0.500. The highest BCUT2D eigenvalue weighted by Gasteiger charge is 2.22. The van der Waals surface area contributed by atoms with Crippen LogP contribution in [0.1, 0.15) is 19.0 Å². The number of urea groups is 1. The van der Waals surface area contributed by atoms with Crippen LogP contribution in [0.4, 0.5) is 10.6 Å². The van der Waals surface area contributed by atoms with Gasteiger partial charge in [-0.25, -0.2) is 9.78 Å². The van der Waals surface area contributed by atoms with Crippen LogP contribution in [0.25, 0.3) is 10.9 Å². The second kappa shape index (κ2) is 6.80. The molecule has 0 saturated carbocycles. The molecule has 4 N–H and O–H groups in total. The molecule has 0 aromatic carbocycles. The van der Waals surface area contributed by atoms with Gasteiger partial charge >= 0.3 is 6.03 Å². The minimum Gasteiger partial charge on any atom is -0.470 e. The Morgan fingerprint density at radius 3 is 3.17 bits per heavy atom. The number of fused-ring (bicyclic) bond motifs is 1. The molecule has 0 radical (unpaired) electrons. The topological polar surface area (TPSA) is 121 Å². The number of amides is 2. The molecule has 1 atom stereocenters. The summed E-state index contributed by atoms with van der Waals surface area (Å²) < 4.78 is 11.1. The Balaban J connectivity index is 1.88. The molecule has 124 valence electrons. The second-order valence-electron chi connectivity index (χ2n) is 5.15. The average molecular weight is 321 g/mol. The van der Waals surface area contributed by atoms with E-state index in [1.165, 1.54) is 0 Å². The lowest BCUT2D eigenvalue weighted by molar-refractivity contribution is 0.139. The molecule has 2 aromatic rings. The third-order valence-corrected chi connectivity index (χ3v) is 3.48. The maximum absolute atomic E-state index is 11.6. The number of ether oxygens (including phenoxy) is 2. The zero-order valence-corrected chi connectivity index (χ0v) is 12.8. The first kappa shape index (κ1) is 15.5. The molecule has 3 rings (SSSR count). The summed E-state index contributed by atoms with van der Waals surface area (Å²) in [5, 5.41) is 22.4. The van der Waals surface area contributed by atoms with Crippen LogP contribution in [0.5, 0.6) is 5.88 Å². The molecular formula is C14H19N5O4. The molecule has 1 fully saturated rings. The van der Waals surface area contributed by atoms with Gasteiger partial charge in [0.15, 0.2) is 0 Å². The predicted molar refractivity (Wildman–Crippen MR) is 82.4 cm³/mol. The number of pyridine rings is 1. The number of nitrogens with zero attached hydrogens (tertiary/aromatic N) is 2. The molecular weight excluding hydrogens is 302 g/mol. The Bertz CT molecular complexity index is 696. The predicted octanol–water partition coefficient (Wildman–Crippen LogP) is 0.759. The number of carbonyl (C=O) groups is 1. The monoisotopic (exact) mass is 321 g/mol. The first-order chi connectivity index (χ1) is 11.2. The van der Waals surface area contributed by atoms with Crippen LogP contribution in [0, 0.1) is 0 Å². The average Bonchev–Trinajstić information content (AvgIpc) is 3.17. The number of H-pyrrole nitrogens is 1. The van der Waals surface area contributed by atoms with Crippen molar-refractivity contribution in [2.24, 2.45) is 0 Å². The summed E-state index contributed by atoms with van der Waals surface area (Å²) in [6, 6.07) is 1.29. The van der Waals surface area contributed by atoms with E-state index in [4.69, 9.17) is 9.47 Å². The third-order valence-electron chi connectivity index (χ3n) is 3.48. The summed E-state index contributed by atoms with van der Waals surface area (Å²) in [6.45, 7) is 3.22. The van der Waals surface area contributed by atoms with Crippen molar-refractivity contribution >= 4 is 22.8 Å². The lowest BCUT2D eigenvalue weighted by Gasteiger charge is -2.11. The van der Waals surface area contributed by atoms with Crippen LogP contribution in [-0.4, -0.2) is 52.2 Å². The Labute approximate surface area is 132 Å². The number of carbonyl (C=O) groups excluding carboxylic acids is 1. The third kappa shape index (κ3) is 3.35. The largest absolute Gasteiger partial charge is 0.470 e. The van der Waals surface area contributed by atoms with E-state index in [0.717, 1.165) is 6.42 Å². The zero-order valence-electron chi connectivity index (χ0n) is 12.8. The summed E-state index contributed by atoms with van der Waals surface area (Å²) in [4.78, 5) is 15.9. The standard InChI is InChI=1S/C14H19N5O4/c1-2-15-14(21)17-11-5-9-12(10(6-20)16-11)13(19-18-9)23-8-3-4-22-7-8/h5,8,20H,2-4,6-7H2,1H3,(H,18,19)(H2,15,16,17,21). The normalized spacial score (nSPS) is 17.4. The molecule has 1 unspecified atom stereocenters. The fourth-order valence-electron chi connectivity index (χ4n) is 2.44. The minimum atomic E-state index is -0.359. The summed E-state index contributed by atoms with van der Waals surface area (Å²) in [5.74, 6) is 0.712. The molecule has 1 aliphatic heterocycles. The van der Waals surface area contributed by atoms with Gasteiger partial charge in [-0.2, -0.15) is 0 Å². The Morgan fingerprint density at radius 1 is 1.61 bits per heavy atom. The summed E-state index contributed by atoms with van der Waals surface area (Å²) in [5.41, 5.74) is 1.02. The van der Waals surface area contributed by atoms with Gasteiger partial charge in [-0.05, 0) is 6.92 Å². The first-order valence-electron chi connectivity index (χ1n) is 7.49. The number of aliphatic hydroxyl groups is 1. The molecule has 0 bridgehead atoms. The van der Waals surface area contributed by atoms with Crippen molar-refractivity contribution in [3.05, 3.63) is 11.8 Å². The number of anilines is 1. The maximum atomic E-state index is 11.6. The van der Waals surface area contributed by atoms with Gasteiger partial charge < -0.3 is 19.9 Å². The van der Waals surface area contributed by atoms with E-state index in [1.807, 2.05) is 6.92 Å². The van der Waals surface area contributed by atoms with E-state index >= 15 is 0 Å². The Kier molecular flexibility index (Phi) is 4.58. The minimum absolute atomic E-state index is 0.0545. The number of hydrogen-bond donors (Lipinski definition) is 4. The quantitative estimate of drug-likeness (QED) is 0.645. The molecule has 9 heteroatoms. The van der Waals surface area contributed by atoms with Crippen LogP contribution < -0.4 is 15.4 Å².